The average molecular weight is 402 g/mol. The molecule has 7 heteroatoms. The van der Waals surface area contributed by atoms with Crippen molar-refractivity contribution in [2.45, 2.75) is 17.8 Å². The second-order valence-corrected chi connectivity index (χ2v) is 7.50. The van der Waals surface area contributed by atoms with E-state index >= 15 is 0 Å². The topological polar surface area (TPSA) is 73.8 Å². The van der Waals surface area contributed by atoms with Crippen molar-refractivity contribution in [2.24, 2.45) is 0 Å². The van der Waals surface area contributed by atoms with Gasteiger partial charge in [-0.3, -0.25) is 14.7 Å². The van der Waals surface area contributed by atoms with Crippen molar-refractivity contribution in [3.8, 4) is 17.1 Å². The average Bonchev–Trinajstić information content (AvgIpc) is 3.17. The largest absolute Gasteiger partial charge is 0.270 e. The highest BCUT2D eigenvalue weighted by molar-refractivity contribution is 7.98. The zero-order chi connectivity index (χ0) is 20.2. The first-order valence-corrected chi connectivity index (χ1v) is 10.0. The lowest BCUT2D eigenvalue weighted by atomic mass is 10.2. The molecule has 0 amide bonds. The molecule has 6 nitrogen and oxygen atoms in total. The van der Waals surface area contributed by atoms with Gasteiger partial charge in [-0.1, -0.05) is 71.9 Å². The van der Waals surface area contributed by atoms with E-state index in [0.717, 1.165) is 27.8 Å². The van der Waals surface area contributed by atoms with E-state index in [4.69, 9.17) is 0 Å². The van der Waals surface area contributed by atoms with Gasteiger partial charge in [-0.2, -0.15) is 0 Å². The van der Waals surface area contributed by atoms with Crippen LogP contribution >= 0.6 is 11.8 Å². The van der Waals surface area contributed by atoms with E-state index in [9.17, 15) is 10.1 Å². The van der Waals surface area contributed by atoms with Gasteiger partial charge in [0.05, 0.1) is 4.92 Å². The van der Waals surface area contributed by atoms with Crippen LogP contribution in [0.2, 0.25) is 0 Å². The van der Waals surface area contributed by atoms with Gasteiger partial charge in [0.1, 0.15) is 0 Å². The van der Waals surface area contributed by atoms with Crippen LogP contribution in [0.25, 0.3) is 17.1 Å². The van der Waals surface area contributed by atoms with Crippen molar-refractivity contribution in [1.29, 1.82) is 0 Å². The lowest BCUT2D eigenvalue weighted by Gasteiger charge is -2.11. The van der Waals surface area contributed by atoms with Crippen molar-refractivity contribution < 1.29 is 4.92 Å². The van der Waals surface area contributed by atoms with Crippen LogP contribution in [0.15, 0.2) is 84.0 Å². The fourth-order valence-corrected chi connectivity index (χ4v) is 3.83. The molecule has 0 radical (unpaired) electrons. The molecule has 0 spiro atoms. The number of aryl methyl sites for hydroxylation is 1. The monoisotopic (exact) mass is 402 g/mol. The van der Waals surface area contributed by atoms with Gasteiger partial charge in [0.15, 0.2) is 11.0 Å². The maximum absolute atomic E-state index is 10.8. The number of hydrogen-bond donors (Lipinski definition) is 0. The minimum absolute atomic E-state index is 0.0907. The van der Waals surface area contributed by atoms with E-state index in [1.165, 1.54) is 17.7 Å². The molecule has 3 aromatic carbocycles. The number of nitro groups is 1. The zero-order valence-electron chi connectivity index (χ0n) is 15.7. The maximum Gasteiger partial charge on any atom is 0.269 e. The molecule has 29 heavy (non-hydrogen) atoms. The number of nitro benzene ring substituents is 1. The fourth-order valence-electron chi connectivity index (χ4n) is 2.93. The first kappa shape index (κ1) is 18.9. The molecule has 0 fully saturated rings. The molecule has 4 aromatic rings. The smallest absolute Gasteiger partial charge is 0.269 e. The van der Waals surface area contributed by atoms with Crippen LogP contribution in [-0.4, -0.2) is 19.7 Å². The Morgan fingerprint density at radius 1 is 0.931 bits per heavy atom. The van der Waals surface area contributed by atoms with Gasteiger partial charge in [0, 0.05) is 29.1 Å². The zero-order valence-corrected chi connectivity index (χ0v) is 16.5. The van der Waals surface area contributed by atoms with Crippen molar-refractivity contribution >= 4 is 17.4 Å². The lowest BCUT2D eigenvalue weighted by Crippen LogP contribution is -2.00. The molecule has 4 rings (SSSR count). The third kappa shape index (κ3) is 4.20. The quantitative estimate of drug-likeness (QED) is 0.244. The van der Waals surface area contributed by atoms with E-state index in [0.29, 0.717) is 5.75 Å². The molecule has 0 N–H and O–H groups in total. The van der Waals surface area contributed by atoms with E-state index in [1.807, 2.05) is 34.9 Å². The van der Waals surface area contributed by atoms with Crippen LogP contribution < -0.4 is 0 Å². The molecule has 0 bridgehead atoms. The summed E-state index contributed by atoms with van der Waals surface area (Å²) in [6, 6.07) is 24.8. The van der Waals surface area contributed by atoms with Crippen molar-refractivity contribution in [2.75, 3.05) is 0 Å². The fraction of sp³-hybridized carbons (Fsp3) is 0.0909. The van der Waals surface area contributed by atoms with Gasteiger partial charge < -0.3 is 0 Å². The Kier molecular flexibility index (Phi) is 5.39. The molecule has 0 aliphatic carbocycles. The van der Waals surface area contributed by atoms with E-state index < -0.39 is 4.92 Å². The van der Waals surface area contributed by atoms with Gasteiger partial charge in [-0.25, -0.2) is 0 Å². The molecule has 0 aliphatic rings. The number of benzene rings is 3. The van der Waals surface area contributed by atoms with Crippen LogP contribution in [0, 0.1) is 17.0 Å². The van der Waals surface area contributed by atoms with Crippen LogP contribution in [0.3, 0.4) is 0 Å². The number of non-ortho nitro benzene ring substituents is 1. The summed E-state index contributed by atoms with van der Waals surface area (Å²) in [4.78, 5) is 10.4. The van der Waals surface area contributed by atoms with Crippen LogP contribution in [0.1, 0.15) is 11.1 Å². The van der Waals surface area contributed by atoms with Gasteiger partial charge in [-0.15, -0.1) is 10.2 Å². The molecule has 0 saturated carbocycles. The Bertz CT molecular complexity index is 1120. The van der Waals surface area contributed by atoms with E-state index in [2.05, 4.69) is 41.4 Å². The highest BCUT2D eigenvalue weighted by atomic mass is 32.2. The molecule has 1 heterocycles. The summed E-state index contributed by atoms with van der Waals surface area (Å²) in [6.45, 7) is 2.05. The summed E-state index contributed by atoms with van der Waals surface area (Å²) in [7, 11) is 0. The Morgan fingerprint density at radius 2 is 1.62 bits per heavy atom. The van der Waals surface area contributed by atoms with Gasteiger partial charge in [0.2, 0.25) is 0 Å². The summed E-state index contributed by atoms with van der Waals surface area (Å²) in [5.74, 6) is 1.41. The van der Waals surface area contributed by atoms with Gasteiger partial charge in [0.25, 0.3) is 5.69 Å². The number of thioether (sulfide) groups is 1. The summed E-state index contributed by atoms with van der Waals surface area (Å²) in [6.07, 6.45) is 0. The van der Waals surface area contributed by atoms with Crippen molar-refractivity contribution in [3.63, 3.8) is 0 Å². The SMILES string of the molecule is Cc1ccc(-n2c(SCc3ccc([N+](=O)[O-])cc3)nnc2-c2ccccc2)cc1. The Hall–Kier alpha value is -3.45. The van der Waals surface area contributed by atoms with Gasteiger partial charge in [-0.05, 0) is 24.6 Å². The first-order chi connectivity index (χ1) is 14.1. The summed E-state index contributed by atoms with van der Waals surface area (Å²) < 4.78 is 2.05. The number of hydrogen-bond acceptors (Lipinski definition) is 5. The van der Waals surface area contributed by atoms with E-state index in [1.54, 1.807) is 23.9 Å². The standard InChI is InChI=1S/C22H18N4O2S/c1-16-7-11-19(12-8-16)25-21(18-5-3-2-4-6-18)23-24-22(25)29-15-17-9-13-20(14-10-17)26(27)28/h2-14H,15H2,1H3. The van der Waals surface area contributed by atoms with Crippen molar-refractivity contribution in [1.82, 2.24) is 14.8 Å². The summed E-state index contributed by atoms with van der Waals surface area (Å²) in [5.41, 5.74) is 4.24. The Balaban J connectivity index is 1.67. The first-order valence-electron chi connectivity index (χ1n) is 9.06. The molecular formula is C22H18N4O2S. The molecule has 144 valence electrons. The van der Waals surface area contributed by atoms with Crippen LogP contribution in [-0.2, 0) is 5.75 Å². The van der Waals surface area contributed by atoms with E-state index in [-0.39, 0.29) is 5.69 Å². The molecule has 0 saturated heterocycles. The second-order valence-electron chi connectivity index (χ2n) is 6.56. The molecule has 0 aliphatic heterocycles. The molecular weight excluding hydrogens is 384 g/mol. The predicted octanol–water partition coefficient (Wildman–Crippen LogP) is 5.44. The third-order valence-electron chi connectivity index (χ3n) is 4.47. The minimum Gasteiger partial charge on any atom is -0.270 e. The number of nitrogens with zero attached hydrogens (tertiary/aromatic N) is 4. The third-order valence-corrected chi connectivity index (χ3v) is 5.47. The minimum atomic E-state index is -0.392. The molecule has 0 unspecified atom stereocenters. The predicted molar refractivity (Wildman–Crippen MR) is 114 cm³/mol. The van der Waals surface area contributed by atoms with Crippen LogP contribution in [0.4, 0.5) is 5.69 Å². The molecule has 0 atom stereocenters. The summed E-state index contributed by atoms with van der Waals surface area (Å²) in [5, 5.41) is 20.5. The highest BCUT2D eigenvalue weighted by Crippen LogP contribution is 2.30. The van der Waals surface area contributed by atoms with Crippen molar-refractivity contribution in [3.05, 3.63) is 100 Å². The Morgan fingerprint density at radius 3 is 2.28 bits per heavy atom. The van der Waals surface area contributed by atoms with Gasteiger partial charge >= 0.3 is 0 Å². The van der Waals surface area contributed by atoms with Crippen LogP contribution in [0.5, 0.6) is 0 Å². The number of aromatic nitrogens is 3. The molecule has 1 aromatic heterocycles. The highest BCUT2D eigenvalue weighted by Gasteiger charge is 2.16. The second kappa shape index (κ2) is 8.28. The normalized spacial score (nSPS) is 10.8. The Labute approximate surface area is 172 Å². The maximum atomic E-state index is 10.8. The number of rotatable bonds is 6. The summed E-state index contributed by atoms with van der Waals surface area (Å²) >= 11 is 1.55. The lowest BCUT2D eigenvalue weighted by molar-refractivity contribution is -0.384.